The van der Waals surface area contributed by atoms with Crippen molar-refractivity contribution in [2.24, 2.45) is 10.7 Å². The number of halogens is 1. The van der Waals surface area contributed by atoms with Gasteiger partial charge in [0.05, 0.1) is 5.71 Å². The molecule has 112 valence electrons. The van der Waals surface area contributed by atoms with E-state index in [2.05, 4.69) is 18.0 Å². The van der Waals surface area contributed by atoms with E-state index in [0.717, 1.165) is 34.4 Å². The van der Waals surface area contributed by atoms with Gasteiger partial charge in [0.1, 0.15) is 0 Å². The molecule has 0 fully saturated rings. The van der Waals surface area contributed by atoms with E-state index in [9.17, 15) is 4.79 Å². The van der Waals surface area contributed by atoms with Gasteiger partial charge in [0.25, 0.3) is 0 Å². The van der Waals surface area contributed by atoms with Crippen molar-refractivity contribution in [3.63, 3.8) is 0 Å². The molecule has 0 bridgehead atoms. The van der Waals surface area contributed by atoms with Crippen LogP contribution in [-0.4, -0.2) is 17.7 Å². The summed E-state index contributed by atoms with van der Waals surface area (Å²) in [6.07, 6.45) is 0.369. The fourth-order valence-corrected chi connectivity index (χ4v) is 3.01. The van der Waals surface area contributed by atoms with Gasteiger partial charge in [-0.05, 0) is 29.7 Å². The molecule has 2 N–H and O–H groups in total. The fraction of sp³-hybridized carbons (Fsp3) is 0.222. The lowest BCUT2D eigenvalue weighted by atomic mass is 9.91. The van der Waals surface area contributed by atoms with Crippen LogP contribution < -0.4 is 5.73 Å². The van der Waals surface area contributed by atoms with E-state index in [0.29, 0.717) is 11.4 Å². The van der Waals surface area contributed by atoms with Crippen LogP contribution in [0.25, 0.3) is 0 Å². The second-order valence-corrected chi connectivity index (χ2v) is 5.81. The maximum atomic E-state index is 12.2. The number of Topliss-reactive ketones (excluding diaryl/α,β-unsaturated/α-hetero) is 1. The first-order chi connectivity index (χ1) is 10.6. The molecule has 1 atom stereocenters. The molecule has 2 aromatic rings. The van der Waals surface area contributed by atoms with Crippen LogP contribution in [0.15, 0.2) is 47.5 Å². The Bertz CT molecular complexity index is 767. The third kappa shape index (κ3) is 2.70. The van der Waals surface area contributed by atoms with Crippen molar-refractivity contribution in [1.82, 2.24) is 0 Å². The molecule has 22 heavy (non-hydrogen) atoms. The summed E-state index contributed by atoms with van der Waals surface area (Å²) >= 11 is 6.10. The summed E-state index contributed by atoms with van der Waals surface area (Å²) in [6.45, 7) is 2.08. The molecule has 4 heteroatoms. The summed E-state index contributed by atoms with van der Waals surface area (Å²) in [7, 11) is 0. The summed E-state index contributed by atoms with van der Waals surface area (Å²) in [6, 6.07) is 13.5. The third-order valence-corrected chi connectivity index (χ3v) is 4.19. The van der Waals surface area contributed by atoms with E-state index >= 15 is 0 Å². The first kappa shape index (κ1) is 14.9. The average Bonchev–Trinajstić information content (AvgIpc) is 2.64. The Morgan fingerprint density at radius 3 is 2.77 bits per heavy atom. The van der Waals surface area contributed by atoms with Gasteiger partial charge in [0, 0.05) is 22.6 Å². The quantitative estimate of drug-likeness (QED) is 0.926. The summed E-state index contributed by atoms with van der Waals surface area (Å²) in [5.74, 6) is -0.0563. The maximum absolute atomic E-state index is 12.2. The Morgan fingerprint density at radius 2 is 2.05 bits per heavy atom. The van der Waals surface area contributed by atoms with E-state index in [1.54, 1.807) is 0 Å². The van der Waals surface area contributed by atoms with Crippen molar-refractivity contribution in [1.29, 1.82) is 0 Å². The number of aliphatic imine (C=N–C) groups is 1. The van der Waals surface area contributed by atoms with Crippen LogP contribution in [0.3, 0.4) is 0 Å². The molecule has 0 radical (unpaired) electrons. The average molecular weight is 313 g/mol. The summed E-state index contributed by atoms with van der Waals surface area (Å²) in [4.78, 5) is 16.7. The number of carbonyl (C=O) groups excluding carboxylic acids is 1. The lowest BCUT2D eigenvalue weighted by Gasteiger charge is -2.13. The minimum Gasteiger partial charge on any atom is -0.303 e. The van der Waals surface area contributed by atoms with Crippen molar-refractivity contribution in [3.8, 4) is 0 Å². The number of nitrogens with zero attached hydrogens (tertiary/aromatic N) is 1. The predicted octanol–water partition coefficient (Wildman–Crippen LogP) is 3.15. The lowest BCUT2D eigenvalue weighted by molar-refractivity contribution is -0.119. The molecular formula is C18H17ClN2O. The molecule has 1 aliphatic heterocycles. The van der Waals surface area contributed by atoms with Gasteiger partial charge >= 0.3 is 0 Å². The number of nitrogens with two attached hydrogens (primary N) is 1. The smallest absolute Gasteiger partial charge is 0.175 e. The Morgan fingerprint density at radius 1 is 1.27 bits per heavy atom. The number of carbonyl (C=O) groups is 1. The van der Waals surface area contributed by atoms with Crippen LogP contribution in [0.2, 0.25) is 5.02 Å². The molecule has 0 saturated carbocycles. The maximum Gasteiger partial charge on any atom is 0.175 e. The van der Waals surface area contributed by atoms with Crippen LogP contribution in [0, 0.1) is 0 Å². The van der Waals surface area contributed by atoms with Crippen molar-refractivity contribution in [2.75, 3.05) is 0 Å². The zero-order chi connectivity index (χ0) is 15.7. The Hall–Kier alpha value is -1.97. The van der Waals surface area contributed by atoms with Gasteiger partial charge in [-0.1, -0.05) is 48.9 Å². The highest BCUT2D eigenvalue weighted by Crippen LogP contribution is 2.25. The number of fused-ring (bicyclic) bond motifs is 1. The van der Waals surface area contributed by atoms with Gasteiger partial charge in [0.15, 0.2) is 11.9 Å². The molecule has 1 heterocycles. The van der Waals surface area contributed by atoms with E-state index in [1.807, 2.05) is 36.4 Å². The predicted molar refractivity (Wildman–Crippen MR) is 89.6 cm³/mol. The SMILES string of the molecule is CCc1cccc2c1CC(=O)C(N)N=C2c1cccc(Cl)c1. The van der Waals surface area contributed by atoms with Crippen molar-refractivity contribution < 1.29 is 4.79 Å². The first-order valence-corrected chi connectivity index (χ1v) is 7.71. The van der Waals surface area contributed by atoms with Gasteiger partial charge in [-0.15, -0.1) is 0 Å². The zero-order valence-corrected chi connectivity index (χ0v) is 13.1. The number of ketones is 1. The standard InChI is InChI=1S/C18H17ClN2O/c1-2-11-5-4-8-14-15(11)10-16(22)18(20)21-17(14)12-6-3-7-13(19)9-12/h3-9,18H,2,10,20H2,1H3. The van der Waals surface area contributed by atoms with E-state index in [-0.39, 0.29) is 5.78 Å². The molecule has 0 spiro atoms. The second-order valence-electron chi connectivity index (χ2n) is 5.37. The van der Waals surface area contributed by atoms with Gasteiger partial charge in [0.2, 0.25) is 0 Å². The van der Waals surface area contributed by atoms with E-state index in [4.69, 9.17) is 17.3 Å². The van der Waals surface area contributed by atoms with Gasteiger partial charge in [-0.3, -0.25) is 9.79 Å². The zero-order valence-electron chi connectivity index (χ0n) is 12.3. The molecule has 1 aliphatic rings. The van der Waals surface area contributed by atoms with Crippen molar-refractivity contribution >= 4 is 23.1 Å². The van der Waals surface area contributed by atoms with Crippen LogP contribution in [-0.2, 0) is 17.6 Å². The van der Waals surface area contributed by atoms with E-state index < -0.39 is 6.17 Å². The number of benzene rings is 2. The lowest BCUT2D eigenvalue weighted by Crippen LogP contribution is -2.29. The second kappa shape index (κ2) is 6.03. The molecule has 0 aliphatic carbocycles. The molecule has 3 nitrogen and oxygen atoms in total. The molecule has 1 unspecified atom stereocenters. The number of hydrogen-bond donors (Lipinski definition) is 1. The van der Waals surface area contributed by atoms with Crippen LogP contribution >= 0.6 is 11.6 Å². The van der Waals surface area contributed by atoms with Crippen molar-refractivity contribution in [3.05, 3.63) is 69.7 Å². The van der Waals surface area contributed by atoms with Crippen LogP contribution in [0.1, 0.15) is 29.2 Å². The molecular weight excluding hydrogens is 296 g/mol. The number of hydrogen-bond acceptors (Lipinski definition) is 3. The summed E-state index contributed by atoms with van der Waals surface area (Å²) in [5, 5.41) is 0.637. The van der Waals surface area contributed by atoms with Gasteiger partial charge < -0.3 is 5.73 Å². The Labute approximate surface area is 134 Å². The number of rotatable bonds is 2. The minimum absolute atomic E-state index is 0.0563. The van der Waals surface area contributed by atoms with E-state index in [1.165, 1.54) is 0 Å². The van der Waals surface area contributed by atoms with Crippen LogP contribution in [0.5, 0.6) is 0 Å². The third-order valence-electron chi connectivity index (χ3n) is 3.96. The van der Waals surface area contributed by atoms with Crippen LogP contribution in [0.4, 0.5) is 0 Å². The molecule has 0 aromatic heterocycles. The molecule has 3 rings (SSSR count). The van der Waals surface area contributed by atoms with Crippen molar-refractivity contribution in [2.45, 2.75) is 25.9 Å². The highest BCUT2D eigenvalue weighted by atomic mass is 35.5. The molecule has 2 aromatic carbocycles. The largest absolute Gasteiger partial charge is 0.303 e. The Balaban J connectivity index is 2.25. The topological polar surface area (TPSA) is 55.5 Å². The number of aryl methyl sites for hydroxylation is 1. The molecule has 0 amide bonds. The van der Waals surface area contributed by atoms with Gasteiger partial charge in [-0.2, -0.15) is 0 Å². The summed E-state index contributed by atoms with van der Waals surface area (Å²) in [5.41, 5.74) is 10.7. The minimum atomic E-state index is -0.828. The monoisotopic (exact) mass is 312 g/mol. The highest BCUT2D eigenvalue weighted by molar-refractivity contribution is 6.31. The highest BCUT2D eigenvalue weighted by Gasteiger charge is 2.24. The first-order valence-electron chi connectivity index (χ1n) is 7.33. The normalized spacial score (nSPS) is 17.7. The van der Waals surface area contributed by atoms with Gasteiger partial charge in [-0.25, -0.2) is 0 Å². The Kier molecular flexibility index (Phi) is 4.10. The summed E-state index contributed by atoms with van der Waals surface area (Å²) < 4.78 is 0. The fourth-order valence-electron chi connectivity index (χ4n) is 2.82. The molecule has 0 saturated heterocycles.